The van der Waals surface area contributed by atoms with Gasteiger partial charge in [-0.05, 0) is 18.6 Å². The highest BCUT2D eigenvalue weighted by Crippen LogP contribution is 2.21. The van der Waals surface area contributed by atoms with Crippen LogP contribution in [0.4, 0.5) is 0 Å². The average Bonchev–Trinajstić information content (AvgIpc) is 2.58. The molecule has 5 heteroatoms. The minimum Gasteiger partial charge on any atom is -0.467 e. The number of esters is 1. The number of rotatable bonds is 6. The van der Waals surface area contributed by atoms with Gasteiger partial charge >= 0.3 is 5.97 Å². The predicted molar refractivity (Wildman–Crippen MR) is 89.2 cm³/mol. The number of Topliss-reactive ketones (excluding diaryl/α,β-unsaturated/α-hetero) is 1. The molecule has 0 aliphatic heterocycles. The maximum Gasteiger partial charge on any atom is 0.331 e. The van der Waals surface area contributed by atoms with Crippen molar-refractivity contribution in [3.8, 4) is 0 Å². The highest BCUT2D eigenvalue weighted by molar-refractivity contribution is 6.10. The molecule has 126 valence electrons. The zero-order valence-corrected chi connectivity index (χ0v) is 13.7. The number of hydrogen-bond acceptors (Lipinski definition) is 5. The van der Waals surface area contributed by atoms with Crippen LogP contribution in [0.15, 0.2) is 42.5 Å². The van der Waals surface area contributed by atoms with E-state index in [1.165, 1.54) is 13.2 Å². The van der Waals surface area contributed by atoms with Crippen LogP contribution in [0.2, 0.25) is 0 Å². The van der Waals surface area contributed by atoms with E-state index in [1.807, 2.05) is 31.2 Å². The van der Waals surface area contributed by atoms with Gasteiger partial charge in [-0.15, -0.1) is 0 Å². The Bertz CT molecular complexity index is 670. The number of methoxy groups -OCH3 is 1. The van der Waals surface area contributed by atoms with E-state index in [-0.39, 0.29) is 24.6 Å². The van der Waals surface area contributed by atoms with E-state index >= 15 is 0 Å². The topological polar surface area (TPSA) is 69.7 Å². The first-order chi connectivity index (χ1) is 11.5. The number of hydrogen-bond donors (Lipinski definition) is 0. The van der Waals surface area contributed by atoms with Crippen LogP contribution in [-0.2, 0) is 23.9 Å². The number of ketones is 2. The summed E-state index contributed by atoms with van der Waals surface area (Å²) in [5.41, 5.74) is 2.00. The molecule has 24 heavy (non-hydrogen) atoms. The average molecular weight is 328 g/mol. The van der Waals surface area contributed by atoms with E-state index in [0.717, 1.165) is 11.1 Å². The molecule has 0 radical (unpaired) electrons. The minimum absolute atomic E-state index is 0.187. The Kier molecular flexibility index (Phi) is 6.21. The third-order valence-electron chi connectivity index (χ3n) is 3.77. The van der Waals surface area contributed by atoms with Gasteiger partial charge in [0.15, 0.2) is 5.78 Å². The molecule has 0 aromatic heterocycles. The van der Waals surface area contributed by atoms with Crippen LogP contribution >= 0.6 is 0 Å². The Morgan fingerprint density at radius 1 is 1.25 bits per heavy atom. The summed E-state index contributed by atoms with van der Waals surface area (Å²) < 4.78 is 9.88. The van der Waals surface area contributed by atoms with Crippen LogP contribution in [0.5, 0.6) is 0 Å². The highest BCUT2D eigenvalue weighted by Gasteiger charge is 2.34. The molecule has 2 rings (SSSR count). The summed E-state index contributed by atoms with van der Waals surface area (Å²) >= 11 is 0. The number of aryl methyl sites for hydroxylation is 1. The zero-order valence-electron chi connectivity index (χ0n) is 13.7. The van der Waals surface area contributed by atoms with Crippen molar-refractivity contribution in [3.63, 3.8) is 0 Å². The van der Waals surface area contributed by atoms with Gasteiger partial charge in [0.25, 0.3) is 0 Å². The second-order valence-electron chi connectivity index (χ2n) is 5.57. The fraction of sp³-hybridized carbons (Fsp3) is 0.316. The van der Waals surface area contributed by atoms with Gasteiger partial charge in [0.1, 0.15) is 18.3 Å². The fourth-order valence-corrected chi connectivity index (χ4v) is 2.39. The molecule has 1 aliphatic rings. The lowest BCUT2D eigenvalue weighted by molar-refractivity contribution is -0.151. The maximum absolute atomic E-state index is 12.4. The Morgan fingerprint density at radius 2 is 1.96 bits per heavy atom. The standard InChI is InChI=1S/C19H20O5/c1-13-6-8-14(9-7-13)10-11-16(21)19-15(20)4-3-5-17(19)24-12-18(22)23-2/h3,5-11,17,19H,4,12H2,1-2H3. The van der Waals surface area contributed by atoms with Gasteiger partial charge in [-0.2, -0.15) is 0 Å². The molecule has 0 spiro atoms. The Hall–Kier alpha value is -2.53. The van der Waals surface area contributed by atoms with E-state index in [1.54, 1.807) is 18.2 Å². The van der Waals surface area contributed by atoms with E-state index in [4.69, 9.17) is 4.74 Å². The molecular formula is C19H20O5. The Morgan fingerprint density at radius 3 is 2.62 bits per heavy atom. The molecule has 2 atom stereocenters. The summed E-state index contributed by atoms with van der Waals surface area (Å²) in [6.07, 6.45) is 5.79. The molecule has 0 fully saturated rings. The summed E-state index contributed by atoms with van der Waals surface area (Å²) in [5, 5.41) is 0. The molecule has 0 amide bonds. The molecular weight excluding hydrogens is 308 g/mol. The monoisotopic (exact) mass is 328 g/mol. The maximum atomic E-state index is 12.4. The van der Waals surface area contributed by atoms with Crippen LogP contribution in [0, 0.1) is 12.8 Å². The third kappa shape index (κ3) is 4.73. The molecule has 0 heterocycles. The quantitative estimate of drug-likeness (QED) is 0.347. The normalized spacial score (nSPS) is 20.3. The fourth-order valence-electron chi connectivity index (χ4n) is 2.39. The van der Waals surface area contributed by atoms with Crippen molar-refractivity contribution in [1.82, 2.24) is 0 Å². The lowest BCUT2D eigenvalue weighted by atomic mass is 9.86. The van der Waals surface area contributed by atoms with Gasteiger partial charge in [-0.25, -0.2) is 4.79 Å². The molecule has 5 nitrogen and oxygen atoms in total. The number of allylic oxidation sites excluding steroid dienone is 2. The molecule has 0 saturated carbocycles. The first kappa shape index (κ1) is 17.8. The summed E-state index contributed by atoms with van der Waals surface area (Å²) in [7, 11) is 1.25. The third-order valence-corrected chi connectivity index (χ3v) is 3.77. The van der Waals surface area contributed by atoms with Crippen molar-refractivity contribution in [1.29, 1.82) is 0 Å². The first-order valence-corrected chi connectivity index (χ1v) is 7.67. The van der Waals surface area contributed by atoms with Gasteiger partial charge in [0.05, 0.1) is 13.2 Å². The van der Waals surface area contributed by atoms with Crippen LogP contribution in [0.3, 0.4) is 0 Å². The SMILES string of the molecule is COC(=O)COC1C=CCC(=O)C1C(=O)C=Cc1ccc(C)cc1. The van der Waals surface area contributed by atoms with E-state index in [0.29, 0.717) is 0 Å². The second kappa shape index (κ2) is 8.36. The van der Waals surface area contributed by atoms with Crippen molar-refractivity contribution in [2.45, 2.75) is 19.4 Å². The largest absolute Gasteiger partial charge is 0.467 e. The summed E-state index contributed by atoms with van der Waals surface area (Å²) in [4.78, 5) is 35.7. The van der Waals surface area contributed by atoms with Gasteiger partial charge in [0.2, 0.25) is 0 Å². The highest BCUT2D eigenvalue weighted by atomic mass is 16.6. The molecule has 1 aromatic rings. The zero-order chi connectivity index (χ0) is 17.5. The van der Waals surface area contributed by atoms with Gasteiger partial charge < -0.3 is 9.47 Å². The summed E-state index contributed by atoms with van der Waals surface area (Å²) in [5.74, 6) is -2.03. The van der Waals surface area contributed by atoms with E-state index in [9.17, 15) is 14.4 Å². The minimum atomic E-state index is -0.929. The van der Waals surface area contributed by atoms with Crippen molar-refractivity contribution >= 4 is 23.6 Å². The van der Waals surface area contributed by atoms with Crippen molar-refractivity contribution in [3.05, 3.63) is 53.6 Å². The predicted octanol–water partition coefficient (Wildman–Crippen LogP) is 2.28. The molecule has 1 aliphatic carbocycles. The summed E-state index contributed by atoms with van der Waals surface area (Å²) in [6.45, 7) is 1.68. The van der Waals surface area contributed by atoms with Crippen molar-refractivity contribution < 1.29 is 23.9 Å². The van der Waals surface area contributed by atoms with Crippen LogP contribution < -0.4 is 0 Å². The molecule has 0 bridgehead atoms. The summed E-state index contributed by atoms with van der Waals surface area (Å²) in [6, 6.07) is 7.68. The van der Waals surface area contributed by atoms with Crippen molar-refractivity contribution in [2.24, 2.45) is 5.92 Å². The number of benzene rings is 1. The van der Waals surface area contributed by atoms with Crippen LogP contribution in [0.25, 0.3) is 6.08 Å². The Balaban J connectivity index is 2.08. The van der Waals surface area contributed by atoms with E-state index < -0.39 is 18.0 Å². The molecule has 0 saturated heterocycles. The van der Waals surface area contributed by atoms with Gasteiger partial charge in [-0.3, -0.25) is 9.59 Å². The lowest BCUT2D eigenvalue weighted by Crippen LogP contribution is -2.38. The van der Waals surface area contributed by atoms with Gasteiger partial charge in [0, 0.05) is 6.42 Å². The Labute approximate surface area is 141 Å². The number of carbonyl (C=O) groups is 3. The van der Waals surface area contributed by atoms with E-state index in [2.05, 4.69) is 4.74 Å². The number of ether oxygens (including phenoxy) is 2. The lowest BCUT2D eigenvalue weighted by Gasteiger charge is -2.24. The molecule has 2 unspecified atom stereocenters. The first-order valence-electron chi connectivity index (χ1n) is 7.67. The second-order valence-corrected chi connectivity index (χ2v) is 5.57. The smallest absolute Gasteiger partial charge is 0.331 e. The van der Waals surface area contributed by atoms with Crippen LogP contribution in [0.1, 0.15) is 17.5 Å². The van der Waals surface area contributed by atoms with Crippen molar-refractivity contribution in [2.75, 3.05) is 13.7 Å². The number of carbonyl (C=O) groups excluding carboxylic acids is 3. The molecule has 1 aromatic carbocycles. The van der Waals surface area contributed by atoms with Gasteiger partial charge in [-0.1, -0.05) is 48.1 Å². The molecule has 0 N–H and O–H groups in total. The van der Waals surface area contributed by atoms with Crippen LogP contribution in [-0.4, -0.2) is 37.4 Å².